The Hall–Kier alpha value is -1.59. The lowest BCUT2D eigenvalue weighted by atomic mass is 10.00. The molecule has 0 radical (unpaired) electrons. The number of ether oxygens (including phenoxy) is 1. The summed E-state index contributed by atoms with van der Waals surface area (Å²) in [4.78, 5) is 14.2. The number of amides is 2. The van der Waals surface area contributed by atoms with E-state index in [1.54, 1.807) is 4.90 Å². The summed E-state index contributed by atoms with van der Waals surface area (Å²) in [5.41, 5.74) is 1.99. The minimum atomic E-state index is -0.677. The lowest BCUT2D eigenvalue weighted by molar-refractivity contribution is -0.0408. The van der Waals surface area contributed by atoms with E-state index in [1.165, 1.54) is 0 Å². The van der Waals surface area contributed by atoms with Gasteiger partial charge in [0, 0.05) is 12.6 Å². The molecule has 0 spiro atoms. The van der Waals surface area contributed by atoms with Crippen LogP contribution in [0.25, 0.3) is 0 Å². The number of carbonyl (C=O) groups excluding carboxylic acids is 1. The predicted molar refractivity (Wildman–Crippen MR) is 94.9 cm³/mol. The van der Waals surface area contributed by atoms with E-state index in [0.29, 0.717) is 13.1 Å². The third-order valence-corrected chi connectivity index (χ3v) is 4.55. The van der Waals surface area contributed by atoms with Crippen LogP contribution in [0.2, 0.25) is 0 Å². The van der Waals surface area contributed by atoms with E-state index in [4.69, 9.17) is 4.74 Å². The third kappa shape index (κ3) is 5.21. The summed E-state index contributed by atoms with van der Waals surface area (Å²) in [6, 6.07) is 7.78. The van der Waals surface area contributed by atoms with Crippen molar-refractivity contribution in [2.24, 2.45) is 0 Å². The molecule has 3 atom stereocenters. The monoisotopic (exact) mass is 334 g/mol. The molecule has 1 aliphatic heterocycles. The van der Waals surface area contributed by atoms with Crippen molar-refractivity contribution < 1.29 is 14.6 Å². The van der Waals surface area contributed by atoms with Gasteiger partial charge in [0.2, 0.25) is 0 Å². The molecule has 1 aliphatic rings. The highest BCUT2D eigenvalue weighted by Crippen LogP contribution is 2.20. The average Bonchev–Trinajstić information content (AvgIpc) is 2.51. The molecule has 5 heteroatoms. The van der Waals surface area contributed by atoms with E-state index in [-0.39, 0.29) is 24.3 Å². The van der Waals surface area contributed by atoms with Crippen molar-refractivity contribution in [3.05, 3.63) is 35.4 Å². The molecule has 5 nitrogen and oxygen atoms in total. The fraction of sp³-hybridized carbons (Fsp3) is 0.632. The molecule has 1 heterocycles. The normalized spacial score (nSPS) is 25.1. The topological polar surface area (TPSA) is 61.8 Å². The van der Waals surface area contributed by atoms with Gasteiger partial charge in [-0.3, -0.25) is 0 Å². The number of likely N-dealkylation sites (N-methyl/N-ethyl adjacent to an activating group) is 1. The minimum Gasteiger partial charge on any atom is -0.387 e. The lowest BCUT2D eigenvalue weighted by Gasteiger charge is -2.34. The van der Waals surface area contributed by atoms with E-state index >= 15 is 0 Å². The van der Waals surface area contributed by atoms with Crippen LogP contribution >= 0.6 is 0 Å². The number of nitrogens with one attached hydrogen (secondary N) is 1. The van der Waals surface area contributed by atoms with Crippen LogP contribution in [-0.2, 0) is 4.74 Å². The highest BCUT2D eigenvalue weighted by molar-refractivity contribution is 5.74. The molecule has 0 saturated carbocycles. The van der Waals surface area contributed by atoms with Gasteiger partial charge in [0.1, 0.15) is 0 Å². The molecule has 1 aromatic rings. The molecule has 3 unspecified atom stereocenters. The molecular weight excluding hydrogens is 304 g/mol. The molecule has 134 valence electrons. The van der Waals surface area contributed by atoms with E-state index in [9.17, 15) is 9.90 Å². The molecule has 0 bridgehead atoms. The van der Waals surface area contributed by atoms with Gasteiger partial charge in [0.25, 0.3) is 0 Å². The number of aliphatic hydroxyl groups is 1. The van der Waals surface area contributed by atoms with Gasteiger partial charge in [-0.1, -0.05) is 29.8 Å². The largest absolute Gasteiger partial charge is 0.387 e. The maximum absolute atomic E-state index is 12.5. The van der Waals surface area contributed by atoms with Crippen molar-refractivity contribution in [3.63, 3.8) is 0 Å². The number of nitrogens with zero attached hydrogens (tertiary/aromatic N) is 1. The van der Waals surface area contributed by atoms with Gasteiger partial charge in [0.15, 0.2) is 0 Å². The zero-order chi connectivity index (χ0) is 17.7. The van der Waals surface area contributed by atoms with Crippen LogP contribution < -0.4 is 5.32 Å². The SMILES string of the molecule is CCN(CC(O)c1ccc(C)cc1)C(=O)NC1CC(C)OC(C)C1. The van der Waals surface area contributed by atoms with E-state index in [1.807, 2.05) is 52.0 Å². The third-order valence-electron chi connectivity index (χ3n) is 4.55. The summed E-state index contributed by atoms with van der Waals surface area (Å²) in [6.45, 7) is 8.86. The number of rotatable bonds is 5. The summed E-state index contributed by atoms with van der Waals surface area (Å²) < 4.78 is 5.71. The van der Waals surface area contributed by atoms with Crippen LogP contribution in [0.15, 0.2) is 24.3 Å². The molecule has 2 amide bonds. The van der Waals surface area contributed by atoms with Crippen LogP contribution in [-0.4, -0.2) is 47.4 Å². The standard InChI is InChI=1S/C19H30N2O3/c1-5-21(12-18(22)16-8-6-13(2)7-9-16)19(23)20-17-10-14(3)24-15(4)11-17/h6-9,14-15,17-18,22H,5,10-12H2,1-4H3,(H,20,23). The second-order valence-electron chi connectivity index (χ2n) is 6.84. The lowest BCUT2D eigenvalue weighted by Crippen LogP contribution is -2.49. The van der Waals surface area contributed by atoms with Crippen LogP contribution in [0.3, 0.4) is 0 Å². The fourth-order valence-electron chi connectivity index (χ4n) is 3.25. The van der Waals surface area contributed by atoms with Crippen molar-refractivity contribution in [1.82, 2.24) is 10.2 Å². The summed E-state index contributed by atoms with van der Waals surface area (Å²) in [6.07, 6.45) is 1.30. The van der Waals surface area contributed by atoms with Crippen molar-refractivity contribution in [2.75, 3.05) is 13.1 Å². The molecule has 1 fully saturated rings. The molecule has 1 aromatic carbocycles. The number of aryl methyl sites for hydroxylation is 1. The van der Waals surface area contributed by atoms with Gasteiger partial charge in [-0.2, -0.15) is 0 Å². The molecule has 0 aromatic heterocycles. The van der Waals surface area contributed by atoms with Crippen molar-refractivity contribution in [2.45, 2.75) is 64.9 Å². The van der Waals surface area contributed by atoms with Gasteiger partial charge in [-0.15, -0.1) is 0 Å². The first kappa shape index (κ1) is 18.7. The van der Waals surface area contributed by atoms with Crippen molar-refractivity contribution in [3.8, 4) is 0 Å². The van der Waals surface area contributed by atoms with Crippen LogP contribution in [0, 0.1) is 6.92 Å². The first-order chi connectivity index (χ1) is 11.4. The number of hydrogen-bond donors (Lipinski definition) is 2. The average molecular weight is 334 g/mol. The number of aliphatic hydroxyl groups excluding tert-OH is 1. The van der Waals surface area contributed by atoms with E-state index in [0.717, 1.165) is 24.0 Å². The number of urea groups is 1. The van der Waals surface area contributed by atoms with Gasteiger partial charge in [-0.25, -0.2) is 4.79 Å². The second kappa shape index (κ2) is 8.49. The Morgan fingerprint density at radius 3 is 2.42 bits per heavy atom. The van der Waals surface area contributed by atoms with Crippen LogP contribution in [0.4, 0.5) is 4.79 Å². The molecule has 24 heavy (non-hydrogen) atoms. The Balaban J connectivity index is 1.92. The Morgan fingerprint density at radius 2 is 1.88 bits per heavy atom. The highest BCUT2D eigenvalue weighted by Gasteiger charge is 2.27. The summed E-state index contributed by atoms with van der Waals surface area (Å²) in [5.74, 6) is 0. The van der Waals surface area contributed by atoms with Gasteiger partial charge in [0.05, 0.1) is 24.9 Å². The zero-order valence-electron chi connectivity index (χ0n) is 15.2. The first-order valence-corrected chi connectivity index (χ1v) is 8.84. The van der Waals surface area contributed by atoms with E-state index in [2.05, 4.69) is 5.32 Å². The van der Waals surface area contributed by atoms with Gasteiger partial charge in [-0.05, 0) is 46.1 Å². The molecule has 0 aliphatic carbocycles. The molecular formula is C19H30N2O3. The Kier molecular flexibility index (Phi) is 6.63. The highest BCUT2D eigenvalue weighted by atomic mass is 16.5. The van der Waals surface area contributed by atoms with Crippen LogP contribution in [0.5, 0.6) is 0 Å². The van der Waals surface area contributed by atoms with Crippen molar-refractivity contribution in [1.29, 1.82) is 0 Å². The number of carbonyl (C=O) groups is 1. The molecule has 1 saturated heterocycles. The van der Waals surface area contributed by atoms with Gasteiger partial charge < -0.3 is 20.1 Å². The number of hydrogen-bond acceptors (Lipinski definition) is 3. The summed E-state index contributed by atoms with van der Waals surface area (Å²) in [7, 11) is 0. The quantitative estimate of drug-likeness (QED) is 0.870. The Morgan fingerprint density at radius 1 is 1.29 bits per heavy atom. The minimum absolute atomic E-state index is 0.116. The molecule has 2 rings (SSSR count). The maximum Gasteiger partial charge on any atom is 0.317 e. The first-order valence-electron chi connectivity index (χ1n) is 8.84. The van der Waals surface area contributed by atoms with Gasteiger partial charge >= 0.3 is 6.03 Å². The number of benzene rings is 1. The van der Waals surface area contributed by atoms with E-state index < -0.39 is 6.10 Å². The second-order valence-corrected chi connectivity index (χ2v) is 6.84. The maximum atomic E-state index is 12.5. The predicted octanol–water partition coefficient (Wildman–Crippen LogP) is 3.02. The summed E-state index contributed by atoms with van der Waals surface area (Å²) in [5, 5.41) is 13.5. The Bertz CT molecular complexity index is 522. The summed E-state index contributed by atoms with van der Waals surface area (Å²) >= 11 is 0. The van der Waals surface area contributed by atoms with Crippen molar-refractivity contribution >= 4 is 6.03 Å². The zero-order valence-corrected chi connectivity index (χ0v) is 15.2. The van der Waals surface area contributed by atoms with Crippen LogP contribution in [0.1, 0.15) is 50.8 Å². The Labute approximate surface area is 145 Å². The fourth-order valence-corrected chi connectivity index (χ4v) is 3.25. The molecule has 2 N–H and O–H groups in total. The smallest absolute Gasteiger partial charge is 0.317 e.